The Balaban J connectivity index is 2.81. The van der Waals surface area contributed by atoms with Gasteiger partial charge in [0, 0.05) is 23.7 Å². The van der Waals surface area contributed by atoms with Crippen molar-refractivity contribution in [1.29, 1.82) is 0 Å². The van der Waals surface area contributed by atoms with Gasteiger partial charge in [0.25, 0.3) is 5.91 Å². The summed E-state index contributed by atoms with van der Waals surface area (Å²) in [6.07, 6.45) is 3.00. The molecule has 2 N–H and O–H groups in total. The summed E-state index contributed by atoms with van der Waals surface area (Å²) in [5, 5.41) is 11.2. The van der Waals surface area contributed by atoms with E-state index >= 15 is 0 Å². The minimum atomic E-state index is -1.05. The molecule has 0 aliphatic heterocycles. The highest BCUT2D eigenvalue weighted by atomic mass is 16.4. The normalized spacial score (nSPS) is 11.6. The SMILES string of the molecule is C/C(NC(=O)c1ccncc1)=C(/C)C(=O)O. The van der Waals surface area contributed by atoms with Gasteiger partial charge in [-0.15, -0.1) is 0 Å². The number of carbonyl (C=O) groups excluding carboxylic acids is 1. The van der Waals surface area contributed by atoms with Gasteiger partial charge in [0.2, 0.25) is 0 Å². The van der Waals surface area contributed by atoms with Gasteiger partial charge in [-0.1, -0.05) is 0 Å². The number of pyridine rings is 1. The van der Waals surface area contributed by atoms with Crippen molar-refractivity contribution in [2.45, 2.75) is 13.8 Å². The molecule has 1 heterocycles. The number of carbonyl (C=O) groups is 2. The van der Waals surface area contributed by atoms with Gasteiger partial charge >= 0.3 is 5.97 Å². The van der Waals surface area contributed by atoms with Gasteiger partial charge in [-0.25, -0.2) is 4.79 Å². The standard InChI is InChI=1S/C11H12N2O3/c1-7(11(15)16)8(2)13-10(14)9-3-5-12-6-4-9/h3-6H,1-2H3,(H,13,14)(H,15,16)/b8-7+. The molecule has 0 saturated heterocycles. The van der Waals surface area contributed by atoms with Crippen LogP contribution in [0.2, 0.25) is 0 Å². The zero-order valence-electron chi connectivity index (χ0n) is 9.02. The Morgan fingerprint density at radius 2 is 1.81 bits per heavy atom. The smallest absolute Gasteiger partial charge is 0.333 e. The third-order valence-corrected chi connectivity index (χ3v) is 2.13. The van der Waals surface area contributed by atoms with E-state index in [1.54, 1.807) is 19.1 Å². The first-order chi connectivity index (χ1) is 7.52. The van der Waals surface area contributed by atoms with Crippen molar-refractivity contribution < 1.29 is 14.7 Å². The van der Waals surface area contributed by atoms with Crippen molar-refractivity contribution in [2.75, 3.05) is 0 Å². The summed E-state index contributed by atoms with van der Waals surface area (Å²) in [7, 11) is 0. The van der Waals surface area contributed by atoms with Crippen molar-refractivity contribution in [3.8, 4) is 0 Å². The lowest BCUT2D eigenvalue weighted by Gasteiger charge is -2.06. The number of hydrogen-bond acceptors (Lipinski definition) is 3. The molecule has 0 aliphatic rings. The molecule has 1 amide bonds. The summed E-state index contributed by atoms with van der Waals surface area (Å²) in [6.45, 7) is 2.98. The molecule has 1 aromatic rings. The maximum atomic E-state index is 11.6. The van der Waals surface area contributed by atoms with Gasteiger partial charge in [0.15, 0.2) is 0 Å². The van der Waals surface area contributed by atoms with Crippen LogP contribution in [-0.4, -0.2) is 22.0 Å². The van der Waals surface area contributed by atoms with E-state index < -0.39 is 5.97 Å². The molecular weight excluding hydrogens is 208 g/mol. The van der Waals surface area contributed by atoms with Crippen LogP contribution in [0.5, 0.6) is 0 Å². The number of aliphatic carboxylic acids is 1. The van der Waals surface area contributed by atoms with E-state index in [0.717, 1.165) is 0 Å². The van der Waals surface area contributed by atoms with Gasteiger partial charge < -0.3 is 10.4 Å². The fraction of sp³-hybridized carbons (Fsp3) is 0.182. The number of allylic oxidation sites excluding steroid dienone is 1. The molecule has 0 atom stereocenters. The second-order valence-corrected chi connectivity index (χ2v) is 3.25. The lowest BCUT2D eigenvalue weighted by molar-refractivity contribution is -0.132. The third-order valence-electron chi connectivity index (χ3n) is 2.13. The Bertz CT molecular complexity index is 438. The summed E-state index contributed by atoms with van der Waals surface area (Å²) in [5.41, 5.74) is 0.879. The number of amides is 1. The van der Waals surface area contributed by atoms with E-state index in [2.05, 4.69) is 10.3 Å². The maximum absolute atomic E-state index is 11.6. The predicted octanol–water partition coefficient (Wildman–Crippen LogP) is 1.19. The number of hydrogen-bond donors (Lipinski definition) is 2. The number of nitrogens with one attached hydrogen (secondary N) is 1. The Labute approximate surface area is 92.8 Å². The zero-order valence-corrected chi connectivity index (χ0v) is 9.02. The number of nitrogens with zero attached hydrogens (tertiary/aromatic N) is 1. The number of rotatable bonds is 3. The highest BCUT2D eigenvalue weighted by Gasteiger charge is 2.09. The average molecular weight is 220 g/mol. The van der Waals surface area contributed by atoms with Crippen LogP contribution in [0.15, 0.2) is 35.8 Å². The topological polar surface area (TPSA) is 79.3 Å². The van der Waals surface area contributed by atoms with Crippen molar-refractivity contribution in [3.63, 3.8) is 0 Å². The van der Waals surface area contributed by atoms with E-state index in [9.17, 15) is 9.59 Å². The lowest BCUT2D eigenvalue weighted by atomic mass is 10.2. The van der Waals surface area contributed by atoms with Crippen molar-refractivity contribution in [3.05, 3.63) is 41.4 Å². The molecule has 0 saturated carbocycles. The van der Waals surface area contributed by atoms with Crippen molar-refractivity contribution in [1.82, 2.24) is 10.3 Å². The van der Waals surface area contributed by atoms with E-state index in [0.29, 0.717) is 11.3 Å². The Morgan fingerprint density at radius 3 is 2.31 bits per heavy atom. The first-order valence-electron chi connectivity index (χ1n) is 4.64. The van der Waals surface area contributed by atoms with Gasteiger partial charge in [0.1, 0.15) is 0 Å². The number of carboxylic acid groups (broad SMARTS) is 1. The molecule has 5 nitrogen and oxygen atoms in total. The van der Waals surface area contributed by atoms with E-state index in [1.807, 2.05) is 0 Å². The van der Waals surface area contributed by atoms with Crippen LogP contribution in [0.1, 0.15) is 24.2 Å². The summed E-state index contributed by atoms with van der Waals surface area (Å²) >= 11 is 0. The van der Waals surface area contributed by atoms with Crippen LogP contribution in [0.3, 0.4) is 0 Å². The number of aromatic nitrogens is 1. The molecule has 84 valence electrons. The molecule has 16 heavy (non-hydrogen) atoms. The molecule has 5 heteroatoms. The third kappa shape index (κ3) is 2.91. The molecule has 1 rings (SSSR count). The average Bonchev–Trinajstić information content (AvgIpc) is 2.28. The largest absolute Gasteiger partial charge is 0.478 e. The van der Waals surface area contributed by atoms with Gasteiger partial charge in [-0.2, -0.15) is 0 Å². The molecule has 0 fully saturated rings. The maximum Gasteiger partial charge on any atom is 0.333 e. The summed E-state index contributed by atoms with van der Waals surface area (Å²) in [5.74, 6) is -1.40. The first-order valence-corrected chi connectivity index (χ1v) is 4.64. The van der Waals surface area contributed by atoms with E-state index in [4.69, 9.17) is 5.11 Å². The lowest BCUT2D eigenvalue weighted by Crippen LogP contribution is -2.23. The van der Waals surface area contributed by atoms with Crippen LogP contribution < -0.4 is 5.32 Å². The molecule has 0 radical (unpaired) electrons. The molecule has 0 aromatic carbocycles. The van der Waals surface area contributed by atoms with Gasteiger partial charge in [0.05, 0.1) is 5.57 Å². The molecule has 0 spiro atoms. The van der Waals surface area contributed by atoms with E-state index in [1.165, 1.54) is 19.3 Å². The van der Waals surface area contributed by atoms with Crippen LogP contribution in [0.4, 0.5) is 0 Å². The van der Waals surface area contributed by atoms with Crippen LogP contribution >= 0.6 is 0 Å². The van der Waals surface area contributed by atoms with Crippen LogP contribution in [0.25, 0.3) is 0 Å². The highest BCUT2D eigenvalue weighted by molar-refractivity contribution is 5.96. The molecule has 1 aromatic heterocycles. The summed E-state index contributed by atoms with van der Waals surface area (Å²) in [6, 6.07) is 3.11. The van der Waals surface area contributed by atoms with Crippen molar-refractivity contribution >= 4 is 11.9 Å². The van der Waals surface area contributed by atoms with Crippen LogP contribution in [0, 0.1) is 0 Å². The Kier molecular flexibility index (Phi) is 3.77. The second kappa shape index (κ2) is 5.06. The fourth-order valence-electron chi connectivity index (χ4n) is 1.000. The monoisotopic (exact) mass is 220 g/mol. The summed E-state index contributed by atoms with van der Waals surface area (Å²) in [4.78, 5) is 26.0. The quantitative estimate of drug-likeness (QED) is 0.750. The van der Waals surface area contributed by atoms with Crippen molar-refractivity contribution in [2.24, 2.45) is 0 Å². The minimum Gasteiger partial charge on any atom is -0.478 e. The Morgan fingerprint density at radius 1 is 1.25 bits per heavy atom. The molecule has 0 unspecified atom stereocenters. The fourth-order valence-corrected chi connectivity index (χ4v) is 1.000. The van der Waals surface area contributed by atoms with E-state index in [-0.39, 0.29) is 11.5 Å². The molecule has 0 bridgehead atoms. The summed E-state index contributed by atoms with van der Waals surface area (Å²) < 4.78 is 0. The highest BCUT2D eigenvalue weighted by Crippen LogP contribution is 2.02. The number of carboxylic acids is 1. The predicted molar refractivity (Wildman–Crippen MR) is 57.7 cm³/mol. The van der Waals surface area contributed by atoms with Crippen LogP contribution in [-0.2, 0) is 4.79 Å². The Hall–Kier alpha value is -2.17. The minimum absolute atomic E-state index is 0.113. The molecule has 0 aliphatic carbocycles. The zero-order chi connectivity index (χ0) is 12.1. The molecular formula is C11H12N2O3. The first kappa shape index (κ1) is 11.9. The van der Waals surface area contributed by atoms with Gasteiger partial charge in [-0.05, 0) is 26.0 Å². The second-order valence-electron chi connectivity index (χ2n) is 3.25. The van der Waals surface area contributed by atoms with Gasteiger partial charge in [-0.3, -0.25) is 9.78 Å².